The lowest BCUT2D eigenvalue weighted by Crippen LogP contribution is -1.91. The highest BCUT2D eigenvalue weighted by Gasteiger charge is 2.08. The summed E-state index contributed by atoms with van der Waals surface area (Å²) in [5.74, 6) is 1.25. The Hall–Kier alpha value is -1.51. The fraction of sp³-hybridized carbons (Fsp3) is 0. The molecule has 2 N–H and O–H groups in total. The van der Waals surface area contributed by atoms with E-state index in [0.717, 1.165) is 4.47 Å². The van der Waals surface area contributed by atoms with E-state index >= 15 is 0 Å². The normalized spacial score (nSPS) is 9.83. The molecule has 0 heterocycles. The maximum Gasteiger partial charge on any atom is 0.143 e. The van der Waals surface area contributed by atoms with Gasteiger partial charge in [0.15, 0.2) is 0 Å². The Morgan fingerprint density at radius 3 is 2.56 bits per heavy atom. The summed E-state index contributed by atoms with van der Waals surface area (Å²) in [6, 6.07) is 12.6. The third-order valence-electron chi connectivity index (χ3n) is 2.27. The maximum atomic E-state index is 8.79. The van der Waals surface area contributed by atoms with E-state index < -0.39 is 0 Å². The van der Waals surface area contributed by atoms with E-state index in [9.17, 15) is 0 Å². The lowest BCUT2D eigenvalue weighted by Gasteiger charge is -2.10. The van der Waals surface area contributed by atoms with Crippen molar-refractivity contribution in [2.45, 2.75) is 0 Å². The first-order valence-electron chi connectivity index (χ1n) is 5.03. The molecule has 2 rings (SSSR count). The topological polar surface area (TPSA) is 59.0 Å². The minimum absolute atomic E-state index is 0.570. The number of nitriles is 1. The predicted octanol–water partition coefficient (Wildman–Crippen LogP) is 4.46. The molecule has 18 heavy (non-hydrogen) atoms. The van der Waals surface area contributed by atoms with Gasteiger partial charge in [0.1, 0.15) is 11.5 Å². The van der Waals surface area contributed by atoms with Crippen LogP contribution in [-0.2, 0) is 0 Å². The van der Waals surface area contributed by atoms with Crippen molar-refractivity contribution in [1.29, 1.82) is 5.26 Å². The van der Waals surface area contributed by atoms with Gasteiger partial charge >= 0.3 is 0 Å². The zero-order valence-electron chi connectivity index (χ0n) is 9.15. The summed E-state index contributed by atoms with van der Waals surface area (Å²) < 4.78 is 7.16. The number of nitrogens with zero attached hydrogens (tertiary/aromatic N) is 1. The Labute approximate surface area is 121 Å². The van der Waals surface area contributed by atoms with Gasteiger partial charge in [-0.05, 0) is 62.2 Å². The molecule has 0 fully saturated rings. The molecule has 90 valence electrons. The van der Waals surface area contributed by atoms with Crippen molar-refractivity contribution in [3.8, 4) is 17.6 Å². The van der Waals surface area contributed by atoms with Crippen LogP contribution in [0, 0.1) is 11.3 Å². The molecule has 0 aliphatic heterocycles. The molecular weight excluding hydrogens is 360 g/mol. The zero-order chi connectivity index (χ0) is 13.1. The van der Waals surface area contributed by atoms with Gasteiger partial charge in [-0.1, -0.05) is 6.07 Å². The van der Waals surface area contributed by atoms with Crippen molar-refractivity contribution >= 4 is 37.5 Å². The standard InChI is InChI=1S/C13H8Br2N2O/c14-9-6-8(7-16)4-5-11(9)18-12-3-1-2-10(17)13(12)15/h1-6H,17H2. The third kappa shape index (κ3) is 2.66. The van der Waals surface area contributed by atoms with Crippen LogP contribution in [0.15, 0.2) is 45.3 Å². The number of benzene rings is 2. The van der Waals surface area contributed by atoms with Crippen LogP contribution in [0.4, 0.5) is 5.69 Å². The quantitative estimate of drug-likeness (QED) is 0.797. The molecule has 3 nitrogen and oxygen atoms in total. The molecule has 2 aromatic carbocycles. The molecular formula is C13H8Br2N2O. The number of halogens is 2. The Kier molecular flexibility index (Phi) is 3.90. The van der Waals surface area contributed by atoms with Crippen molar-refractivity contribution < 1.29 is 4.74 Å². The molecule has 0 amide bonds. The first kappa shape index (κ1) is 12.9. The van der Waals surface area contributed by atoms with E-state index in [1.165, 1.54) is 0 Å². The summed E-state index contributed by atoms with van der Waals surface area (Å²) in [6.07, 6.45) is 0. The average Bonchev–Trinajstić information content (AvgIpc) is 2.37. The summed E-state index contributed by atoms with van der Waals surface area (Å²) in [7, 11) is 0. The van der Waals surface area contributed by atoms with E-state index in [2.05, 4.69) is 37.9 Å². The Balaban J connectivity index is 2.35. The van der Waals surface area contributed by atoms with Crippen LogP contribution in [0.5, 0.6) is 11.5 Å². The number of nitrogen functional groups attached to an aromatic ring is 1. The first-order chi connectivity index (χ1) is 8.61. The van der Waals surface area contributed by atoms with Crippen LogP contribution in [0.2, 0.25) is 0 Å². The van der Waals surface area contributed by atoms with Gasteiger partial charge in [0.25, 0.3) is 0 Å². The molecule has 0 unspecified atom stereocenters. The second kappa shape index (κ2) is 5.42. The maximum absolute atomic E-state index is 8.79. The fourth-order valence-electron chi connectivity index (χ4n) is 1.38. The van der Waals surface area contributed by atoms with Gasteiger partial charge in [0.05, 0.1) is 20.6 Å². The smallest absolute Gasteiger partial charge is 0.143 e. The van der Waals surface area contributed by atoms with Crippen LogP contribution in [0.3, 0.4) is 0 Å². The van der Waals surface area contributed by atoms with Gasteiger partial charge in [-0.3, -0.25) is 0 Å². The fourth-order valence-corrected chi connectivity index (χ4v) is 2.18. The number of ether oxygens (including phenoxy) is 1. The molecule has 2 aromatic rings. The summed E-state index contributed by atoms with van der Waals surface area (Å²) >= 11 is 6.74. The van der Waals surface area contributed by atoms with Gasteiger partial charge in [-0.2, -0.15) is 5.26 Å². The van der Waals surface area contributed by atoms with E-state index in [0.29, 0.717) is 27.2 Å². The molecule has 0 radical (unpaired) electrons. The second-order valence-electron chi connectivity index (χ2n) is 3.52. The van der Waals surface area contributed by atoms with Crippen LogP contribution in [-0.4, -0.2) is 0 Å². The van der Waals surface area contributed by atoms with Crippen LogP contribution in [0.1, 0.15) is 5.56 Å². The highest BCUT2D eigenvalue weighted by atomic mass is 79.9. The van der Waals surface area contributed by atoms with E-state index in [1.54, 1.807) is 24.3 Å². The largest absolute Gasteiger partial charge is 0.455 e. The van der Waals surface area contributed by atoms with Crippen molar-refractivity contribution in [2.75, 3.05) is 5.73 Å². The minimum Gasteiger partial charge on any atom is -0.455 e. The molecule has 0 spiro atoms. The van der Waals surface area contributed by atoms with Gasteiger partial charge in [0, 0.05) is 5.69 Å². The van der Waals surface area contributed by atoms with E-state index in [1.807, 2.05) is 12.1 Å². The highest BCUT2D eigenvalue weighted by Crippen LogP contribution is 2.36. The zero-order valence-corrected chi connectivity index (χ0v) is 12.3. The monoisotopic (exact) mass is 366 g/mol. The van der Waals surface area contributed by atoms with Gasteiger partial charge < -0.3 is 10.5 Å². The second-order valence-corrected chi connectivity index (χ2v) is 5.17. The molecule has 0 saturated heterocycles. The Bertz CT molecular complexity index is 635. The van der Waals surface area contributed by atoms with Crippen LogP contribution < -0.4 is 10.5 Å². The van der Waals surface area contributed by atoms with Crippen molar-refractivity contribution in [1.82, 2.24) is 0 Å². The summed E-state index contributed by atoms with van der Waals surface area (Å²) in [5.41, 5.74) is 6.96. The summed E-state index contributed by atoms with van der Waals surface area (Å²) in [6.45, 7) is 0. The van der Waals surface area contributed by atoms with Crippen molar-refractivity contribution in [3.63, 3.8) is 0 Å². The Morgan fingerprint density at radius 2 is 1.89 bits per heavy atom. The summed E-state index contributed by atoms with van der Waals surface area (Å²) in [5, 5.41) is 8.79. The van der Waals surface area contributed by atoms with Gasteiger partial charge in [0.2, 0.25) is 0 Å². The van der Waals surface area contributed by atoms with Gasteiger partial charge in [-0.15, -0.1) is 0 Å². The number of hydrogen-bond donors (Lipinski definition) is 1. The van der Waals surface area contributed by atoms with Crippen molar-refractivity contribution in [3.05, 3.63) is 50.9 Å². The molecule has 0 aliphatic carbocycles. The Morgan fingerprint density at radius 1 is 1.11 bits per heavy atom. The lowest BCUT2D eigenvalue weighted by molar-refractivity contribution is 0.477. The molecule has 0 atom stereocenters. The third-order valence-corrected chi connectivity index (χ3v) is 3.74. The van der Waals surface area contributed by atoms with Crippen molar-refractivity contribution in [2.24, 2.45) is 0 Å². The number of rotatable bonds is 2. The number of nitrogens with two attached hydrogens (primary N) is 1. The summed E-state index contributed by atoms with van der Waals surface area (Å²) in [4.78, 5) is 0. The van der Waals surface area contributed by atoms with Crippen LogP contribution in [0.25, 0.3) is 0 Å². The minimum atomic E-state index is 0.570. The van der Waals surface area contributed by atoms with E-state index in [4.69, 9.17) is 15.7 Å². The molecule has 0 saturated carbocycles. The van der Waals surface area contributed by atoms with Gasteiger partial charge in [-0.25, -0.2) is 0 Å². The number of anilines is 1. The molecule has 5 heteroatoms. The van der Waals surface area contributed by atoms with Crippen LogP contribution >= 0.6 is 31.9 Å². The number of hydrogen-bond acceptors (Lipinski definition) is 3. The predicted molar refractivity (Wildman–Crippen MR) is 77.5 cm³/mol. The van der Waals surface area contributed by atoms with E-state index in [-0.39, 0.29) is 0 Å². The average molecular weight is 368 g/mol. The first-order valence-corrected chi connectivity index (χ1v) is 6.62. The highest BCUT2D eigenvalue weighted by molar-refractivity contribution is 9.11. The molecule has 0 aliphatic rings. The SMILES string of the molecule is N#Cc1ccc(Oc2cccc(N)c2Br)c(Br)c1. The molecule has 0 aromatic heterocycles. The molecule has 0 bridgehead atoms. The lowest BCUT2D eigenvalue weighted by atomic mass is 10.2.